The highest BCUT2D eigenvalue weighted by Crippen LogP contribution is 2.64. The second kappa shape index (κ2) is 2.96. The van der Waals surface area contributed by atoms with Crippen LogP contribution in [-0.4, -0.2) is 11.6 Å². The predicted molar refractivity (Wildman–Crippen MR) is 60.9 cm³/mol. The van der Waals surface area contributed by atoms with Crippen molar-refractivity contribution in [3.8, 4) is 0 Å². The maximum Gasteiger partial charge on any atom is 0.137 e. The summed E-state index contributed by atoms with van der Waals surface area (Å²) < 4.78 is 0. The number of rotatable bonds is 0. The molecule has 16 heavy (non-hydrogen) atoms. The standard InChI is InChI=1S/C14H20O2/c1-13-7-5-9(11(16)8-13)14(2)6-3-4-10(15)12(13)14/h9,12H,3-8H2,1-2H3/t9-,12+,13-,14+/m0/s1. The van der Waals surface area contributed by atoms with E-state index in [1.807, 2.05) is 0 Å². The Bertz CT molecular complexity index is 373. The summed E-state index contributed by atoms with van der Waals surface area (Å²) in [6.07, 6.45) is 5.58. The van der Waals surface area contributed by atoms with Gasteiger partial charge in [-0.15, -0.1) is 0 Å². The van der Waals surface area contributed by atoms with Crippen molar-refractivity contribution in [3.63, 3.8) is 0 Å². The quantitative estimate of drug-likeness (QED) is 0.629. The average Bonchev–Trinajstić information content (AvgIpc) is 2.15. The van der Waals surface area contributed by atoms with Gasteiger partial charge in [0.05, 0.1) is 0 Å². The van der Waals surface area contributed by atoms with Gasteiger partial charge >= 0.3 is 0 Å². The minimum atomic E-state index is -0.0158. The second-order valence-electron chi connectivity index (χ2n) is 6.65. The summed E-state index contributed by atoms with van der Waals surface area (Å²) in [6, 6.07) is 0. The topological polar surface area (TPSA) is 34.1 Å². The summed E-state index contributed by atoms with van der Waals surface area (Å²) in [5.41, 5.74) is -0.0181. The van der Waals surface area contributed by atoms with Crippen LogP contribution in [0, 0.1) is 22.7 Å². The molecular formula is C14H20O2. The van der Waals surface area contributed by atoms with E-state index in [4.69, 9.17) is 0 Å². The normalized spacial score (nSPS) is 51.6. The van der Waals surface area contributed by atoms with Crippen LogP contribution in [0.4, 0.5) is 0 Å². The molecule has 4 saturated carbocycles. The summed E-state index contributed by atoms with van der Waals surface area (Å²) in [4.78, 5) is 24.3. The van der Waals surface area contributed by atoms with E-state index in [1.54, 1.807) is 0 Å². The molecule has 0 aliphatic heterocycles. The van der Waals surface area contributed by atoms with Crippen LogP contribution < -0.4 is 0 Å². The van der Waals surface area contributed by atoms with Crippen LogP contribution in [0.25, 0.3) is 0 Å². The highest BCUT2D eigenvalue weighted by Gasteiger charge is 2.63. The molecule has 0 radical (unpaired) electrons. The van der Waals surface area contributed by atoms with Crippen molar-refractivity contribution in [2.24, 2.45) is 22.7 Å². The van der Waals surface area contributed by atoms with Crippen molar-refractivity contribution in [1.82, 2.24) is 0 Å². The lowest BCUT2D eigenvalue weighted by Crippen LogP contribution is -2.61. The van der Waals surface area contributed by atoms with Gasteiger partial charge in [0.1, 0.15) is 11.6 Å². The first-order valence-corrected chi connectivity index (χ1v) is 6.53. The van der Waals surface area contributed by atoms with E-state index in [9.17, 15) is 9.59 Å². The molecule has 0 heterocycles. The Kier molecular flexibility index (Phi) is 1.94. The van der Waals surface area contributed by atoms with Crippen molar-refractivity contribution in [2.75, 3.05) is 0 Å². The maximum absolute atomic E-state index is 12.2. The Morgan fingerprint density at radius 2 is 1.88 bits per heavy atom. The predicted octanol–water partition coefficient (Wildman–Crippen LogP) is 2.75. The van der Waals surface area contributed by atoms with Crippen molar-refractivity contribution in [3.05, 3.63) is 0 Å². The number of fused-ring (bicyclic) bond motifs is 2. The molecule has 0 aromatic carbocycles. The molecule has 4 rings (SSSR count). The number of hydrogen-bond donors (Lipinski definition) is 0. The molecule has 4 aliphatic carbocycles. The summed E-state index contributed by atoms with van der Waals surface area (Å²) in [5, 5.41) is 0. The van der Waals surface area contributed by atoms with Crippen LogP contribution in [-0.2, 0) is 9.59 Å². The molecule has 0 unspecified atom stereocenters. The molecule has 4 fully saturated rings. The third-order valence-electron chi connectivity index (χ3n) is 5.58. The average molecular weight is 220 g/mol. The van der Waals surface area contributed by atoms with E-state index in [0.717, 1.165) is 32.1 Å². The van der Waals surface area contributed by atoms with Gasteiger partial charge in [0, 0.05) is 24.7 Å². The molecule has 0 amide bonds. The fourth-order valence-electron chi connectivity index (χ4n) is 5.05. The molecular weight excluding hydrogens is 200 g/mol. The Hall–Kier alpha value is -0.660. The van der Waals surface area contributed by atoms with E-state index in [0.29, 0.717) is 18.0 Å². The number of carbonyl (C=O) groups excluding carboxylic acids is 2. The zero-order valence-electron chi connectivity index (χ0n) is 10.2. The fourth-order valence-corrected chi connectivity index (χ4v) is 5.05. The van der Waals surface area contributed by atoms with Gasteiger partial charge in [0.2, 0.25) is 0 Å². The van der Waals surface area contributed by atoms with E-state index >= 15 is 0 Å². The largest absolute Gasteiger partial charge is 0.299 e. The third-order valence-corrected chi connectivity index (χ3v) is 5.58. The fraction of sp³-hybridized carbons (Fsp3) is 0.857. The van der Waals surface area contributed by atoms with Gasteiger partial charge in [-0.05, 0) is 36.5 Å². The molecule has 4 aliphatic rings. The van der Waals surface area contributed by atoms with Crippen molar-refractivity contribution in [2.45, 2.75) is 52.4 Å². The van der Waals surface area contributed by atoms with E-state index in [2.05, 4.69) is 13.8 Å². The lowest BCUT2D eigenvalue weighted by molar-refractivity contribution is -0.171. The summed E-state index contributed by atoms with van der Waals surface area (Å²) in [5.74, 6) is 1.23. The monoisotopic (exact) mass is 220 g/mol. The first-order valence-electron chi connectivity index (χ1n) is 6.53. The van der Waals surface area contributed by atoms with Gasteiger partial charge in [0.25, 0.3) is 0 Å². The Balaban J connectivity index is 2.11. The first kappa shape index (κ1) is 10.5. The van der Waals surface area contributed by atoms with Gasteiger partial charge in [0.15, 0.2) is 0 Å². The summed E-state index contributed by atoms with van der Waals surface area (Å²) >= 11 is 0. The minimum Gasteiger partial charge on any atom is -0.299 e. The zero-order valence-corrected chi connectivity index (χ0v) is 10.2. The number of hydrogen-bond acceptors (Lipinski definition) is 2. The Morgan fingerprint density at radius 1 is 1.12 bits per heavy atom. The summed E-state index contributed by atoms with van der Waals surface area (Å²) in [6.45, 7) is 4.38. The zero-order chi connectivity index (χ0) is 11.6. The number of Topliss-reactive ketones (excluding diaryl/α,β-unsaturated/α-hetero) is 2. The molecule has 0 saturated heterocycles. The summed E-state index contributed by atoms with van der Waals surface area (Å²) in [7, 11) is 0. The number of ketones is 2. The van der Waals surface area contributed by atoms with E-state index in [-0.39, 0.29) is 22.7 Å². The van der Waals surface area contributed by atoms with Gasteiger partial charge in [-0.3, -0.25) is 9.59 Å². The smallest absolute Gasteiger partial charge is 0.137 e. The molecule has 88 valence electrons. The van der Waals surface area contributed by atoms with E-state index in [1.165, 1.54) is 0 Å². The first-order chi connectivity index (χ1) is 7.47. The van der Waals surface area contributed by atoms with Gasteiger partial charge in [-0.2, -0.15) is 0 Å². The van der Waals surface area contributed by atoms with Gasteiger partial charge in [-0.25, -0.2) is 0 Å². The van der Waals surface area contributed by atoms with Gasteiger partial charge in [-0.1, -0.05) is 13.8 Å². The lowest BCUT2D eigenvalue weighted by atomic mass is 9.41. The molecule has 2 heteroatoms. The molecule has 2 bridgehead atoms. The van der Waals surface area contributed by atoms with Crippen molar-refractivity contribution in [1.29, 1.82) is 0 Å². The lowest BCUT2D eigenvalue weighted by Gasteiger charge is -2.61. The highest BCUT2D eigenvalue weighted by molar-refractivity contribution is 5.91. The van der Waals surface area contributed by atoms with Crippen LogP contribution in [0.15, 0.2) is 0 Å². The van der Waals surface area contributed by atoms with Crippen LogP contribution in [0.1, 0.15) is 52.4 Å². The molecule has 0 aromatic rings. The van der Waals surface area contributed by atoms with E-state index < -0.39 is 0 Å². The van der Waals surface area contributed by atoms with Gasteiger partial charge < -0.3 is 0 Å². The molecule has 0 aromatic heterocycles. The molecule has 4 atom stereocenters. The maximum atomic E-state index is 12.2. The SMILES string of the molecule is C[C@]12CC[C@@H](C(=O)C1)[C@@]1(C)CCCC(=O)[C@H]21. The van der Waals surface area contributed by atoms with Crippen LogP contribution in [0.2, 0.25) is 0 Å². The number of carbonyl (C=O) groups is 2. The third kappa shape index (κ3) is 1.08. The van der Waals surface area contributed by atoms with Crippen molar-refractivity contribution >= 4 is 11.6 Å². The molecule has 0 N–H and O–H groups in total. The molecule has 2 nitrogen and oxygen atoms in total. The van der Waals surface area contributed by atoms with Crippen molar-refractivity contribution < 1.29 is 9.59 Å². The molecule has 0 spiro atoms. The highest BCUT2D eigenvalue weighted by atomic mass is 16.1. The Morgan fingerprint density at radius 3 is 2.56 bits per heavy atom. The minimum absolute atomic E-state index is 0.00231. The van der Waals surface area contributed by atoms with Crippen LogP contribution in [0.5, 0.6) is 0 Å². The van der Waals surface area contributed by atoms with Crippen LogP contribution in [0.3, 0.4) is 0 Å². The van der Waals surface area contributed by atoms with Crippen LogP contribution >= 0.6 is 0 Å². The second-order valence-corrected chi connectivity index (χ2v) is 6.65. The Labute approximate surface area is 96.8 Å².